The highest BCUT2D eigenvalue weighted by Gasteiger charge is 2.34. The van der Waals surface area contributed by atoms with Crippen LogP contribution in [-0.4, -0.2) is 65.1 Å². The minimum atomic E-state index is -4.42. The molecule has 12 heteroatoms. The summed E-state index contributed by atoms with van der Waals surface area (Å²) in [5.41, 5.74) is 1.78. The molecular formula is C31H38ClN3O7S. The lowest BCUT2D eigenvalue weighted by Crippen LogP contribution is -2.52. The fraction of sp³-hybridized carbons (Fsp3) is 0.355. The first kappa shape index (κ1) is 33.5. The minimum absolute atomic E-state index is 0.0493. The summed E-state index contributed by atoms with van der Waals surface area (Å²) in [5, 5.41) is 3.07. The lowest BCUT2D eigenvalue weighted by atomic mass is 10.1. The van der Waals surface area contributed by atoms with E-state index in [1.165, 1.54) is 56.6 Å². The van der Waals surface area contributed by atoms with Gasteiger partial charge in [-0.3, -0.25) is 13.9 Å². The summed E-state index contributed by atoms with van der Waals surface area (Å²) in [6.07, 6.45) is 0. The van der Waals surface area contributed by atoms with E-state index in [0.29, 0.717) is 5.75 Å². The third-order valence-corrected chi connectivity index (χ3v) is 8.82. The molecule has 0 saturated carbocycles. The molecule has 3 aromatic rings. The van der Waals surface area contributed by atoms with E-state index in [9.17, 15) is 18.0 Å². The number of carbonyl (C=O) groups is 2. The van der Waals surface area contributed by atoms with Gasteiger partial charge in [0, 0.05) is 23.7 Å². The van der Waals surface area contributed by atoms with E-state index in [0.717, 1.165) is 15.4 Å². The van der Waals surface area contributed by atoms with Crippen LogP contribution in [0.1, 0.15) is 31.9 Å². The van der Waals surface area contributed by atoms with Crippen LogP contribution in [0.5, 0.6) is 17.2 Å². The Morgan fingerprint density at radius 3 is 2.12 bits per heavy atom. The van der Waals surface area contributed by atoms with Crippen molar-refractivity contribution in [2.75, 3.05) is 32.2 Å². The maximum atomic E-state index is 14.3. The van der Waals surface area contributed by atoms with Crippen LogP contribution >= 0.6 is 11.6 Å². The van der Waals surface area contributed by atoms with Gasteiger partial charge in [0.1, 0.15) is 18.3 Å². The van der Waals surface area contributed by atoms with Gasteiger partial charge in [0.05, 0.1) is 31.9 Å². The Morgan fingerprint density at radius 2 is 1.51 bits per heavy atom. The van der Waals surface area contributed by atoms with Crippen molar-refractivity contribution in [2.24, 2.45) is 0 Å². The highest BCUT2D eigenvalue weighted by atomic mass is 35.5. The normalized spacial score (nSPS) is 11.9. The molecule has 3 rings (SSSR count). The molecule has 0 saturated heterocycles. The second kappa shape index (κ2) is 14.5. The first-order valence-corrected chi connectivity index (χ1v) is 15.4. The van der Waals surface area contributed by atoms with E-state index in [4.69, 9.17) is 25.8 Å². The lowest BCUT2D eigenvalue weighted by Gasteiger charge is -2.33. The van der Waals surface area contributed by atoms with Crippen molar-refractivity contribution in [2.45, 2.75) is 51.2 Å². The molecule has 0 aliphatic rings. The second-order valence-electron chi connectivity index (χ2n) is 10.1. The van der Waals surface area contributed by atoms with Gasteiger partial charge in [0.15, 0.2) is 11.5 Å². The third kappa shape index (κ3) is 7.91. The molecule has 10 nitrogen and oxygen atoms in total. The number of nitrogens with one attached hydrogen (secondary N) is 1. The molecule has 1 N–H and O–H groups in total. The summed E-state index contributed by atoms with van der Waals surface area (Å²) in [6.45, 7) is 6.58. The van der Waals surface area contributed by atoms with E-state index in [-0.39, 0.29) is 45.6 Å². The first-order chi connectivity index (χ1) is 20.3. The van der Waals surface area contributed by atoms with Gasteiger partial charge in [-0.1, -0.05) is 35.9 Å². The summed E-state index contributed by atoms with van der Waals surface area (Å²) in [5.74, 6) is -0.281. The van der Waals surface area contributed by atoms with Gasteiger partial charge in [0.2, 0.25) is 11.8 Å². The topological polar surface area (TPSA) is 114 Å². The minimum Gasteiger partial charge on any atom is -0.495 e. The third-order valence-electron chi connectivity index (χ3n) is 6.83. The number of aryl methyl sites for hydroxylation is 1. The summed E-state index contributed by atoms with van der Waals surface area (Å²) in [4.78, 5) is 28.5. The molecule has 0 aromatic heterocycles. The first-order valence-electron chi connectivity index (χ1n) is 13.6. The number of methoxy groups -OCH3 is 3. The molecule has 43 heavy (non-hydrogen) atoms. The second-order valence-corrected chi connectivity index (χ2v) is 12.4. The average Bonchev–Trinajstić information content (AvgIpc) is 2.98. The van der Waals surface area contributed by atoms with Crippen LogP contribution < -0.4 is 23.8 Å². The molecule has 0 fully saturated rings. The Labute approximate surface area is 258 Å². The Bertz CT molecular complexity index is 1560. The van der Waals surface area contributed by atoms with Crippen LogP contribution in [0.15, 0.2) is 65.6 Å². The van der Waals surface area contributed by atoms with Crippen molar-refractivity contribution in [3.63, 3.8) is 0 Å². The Hall–Kier alpha value is -3.96. The maximum absolute atomic E-state index is 14.3. The number of benzene rings is 3. The van der Waals surface area contributed by atoms with Crippen LogP contribution in [0.2, 0.25) is 5.02 Å². The van der Waals surface area contributed by atoms with Gasteiger partial charge in [-0.15, -0.1) is 0 Å². The fourth-order valence-corrected chi connectivity index (χ4v) is 6.03. The molecule has 232 valence electrons. The van der Waals surface area contributed by atoms with Crippen molar-refractivity contribution >= 4 is 39.1 Å². The molecule has 0 aliphatic carbocycles. The summed E-state index contributed by atoms with van der Waals surface area (Å²) in [7, 11) is -0.208. The Balaban J connectivity index is 2.16. The smallest absolute Gasteiger partial charge is 0.265 e. The van der Waals surface area contributed by atoms with Crippen LogP contribution in [0.3, 0.4) is 0 Å². The lowest BCUT2D eigenvalue weighted by molar-refractivity contribution is -0.139. The summed E-state index contributed by atoms with van der Waals surface area (Å²) in [6, 6.07) is 15.0. The number of rotatable bonds is 13. The van der Waals surface area contributed by atoms with Gasteiger partial charge in [-0.05, 0) is 69.2 Å². The number of carbonyl (C=O) groups excluding carboxylic acids is 2. The number of hydrogen-bond acceptors (Lipinski definition) is 7. The van der Waals surface area contributed by atoms with Crippen LogP contribution in [0, 0.1) is 6.92 Å². The maximum Gasteiger partial charge on any atom is 0.265 e. The highest BCUT2D eigenvalue weighted by molar-refractivity contribution is 7.92. The zero-order valence-electron chi connectivity index (χ0n) is 25.4. The highest BCUT2D eigenvalue weighted by Crippen LogP contribution is 2.37. The van der Waals surface area contributed by atoms with Crippen LogP contribution in [0.4, 0.5) is 5.69 Å². The molecule has 3 aromatic carbocycles. The van der Waals surface area contributed by atoms with Gasteiger partial charge in [0.25, 0.3) is 10.0 Å². The Kier molecular flexibility index (Phi) is 11.3. The van der Waals surface area contributed by atoms with Crippen LogP contribution in [0.25, 0.3) is 0 Å². The molecule has 2 amide bonds. The molecule has 0 bridgehead atoms. The zero-order chi connectivity index (χ0) is 31.9. The SMILES string of the molecule is COc1ccc(S(=O)(=O)N(CC(=O)N(Cc2ccccc2C)[C@@H](C)C(=O)NC(C)C)c2cc(Cl)ccc2OC)cc1OC. The van der Waals surface area contributed by atoms with Crippen molar-refractivity contribution in [1.82, 2.24) is 10.2 Å². The van der Waals surface area contributed by atoms with Crippen molar-refractivity contribution in [1.29, 1.82) is 0 Å². The van der Waals surface area contributed by atoms with Gasteiger partial charge >= 0.3 is 0 Å². The molecule has 0 radical (unpaired) electrons. The summed E-state index contributed by atoms with van der Waals surface area (Å²) < 4.78 is 45.6. The number of hydrogen-bond donors (Lipinski definition) is 1. The number of ether oxygens (including phenoxy) is 3. The van der Waals surface area contributed by atoms with E-state index < -0.39 is 28.5 Å². The van der Waals surface area contributed by atoms with Gasteiger partial charge in [-0.2, -0.15) is 0 Å². The van der Waals surface area contributed by atoms with E-state index in [2.05, 4.69) is 5.32 Å². The van der Waals surface area contributed by atoms with Gasteiger partial charge in [-0.25, -0.2) is 8.42 Å². The quantitative estimate of drug-likeness (QED) is 0.288. The number of sulfonamides is 1. The summed E-state index contributed by atoms with van der Waals surface area (Å²) >= 11 is 6.30. The standard InChI is InChI=1S/C31H38ClN3O7S/c1-20(2)33-31(37)22(4)34(18-23-11-9-8-10-21(23)3)30(36)19-35(26-16-24(32)12-14-27(26)40-5)43(38,39)25-13-15-28(41-6)29(17-25)42-7/h8-17,20,22H,18-19H2,1-7H3,(H,33,37)/t22-/m0/s1. The molecule has 1 atom stereocenters. The van der Waals surface area contributed by atoms with E-state index >= 15 is 0 Å². The van der Waals surface area contributed by atoms with Crippen molar-refractivity contribution in [3.8, 4) is 17.2 Å². The molecule has 0 heterocycles. The van der Waals surface area contributed by atoms with Gasteiger partial charge < -0.3 is 24.4 Å². The monoisotopic (exact) mass is 631 g/mol. The fourth-order valence-electron chi connectivity index (χ4n) is 4.43. The number of nitrogens with zero attached hydrogens (tertiary/aromatic N) is 2. The molecular weight excluding hydrogens is 594 g/mol. The van der Waals surface area contributed by atoms with E-state index in [1.54, 1.807) is 13.0 Å². The number of anilines is 1. The number of halogens is 1. The van der Waals surface area contributed by atoms with E-state index in [1.807, 2.05) is 45.0 Å². The number of amides is 2. The largest absolute Gasteiger partial charge is 0.495 e. The van der Waals surface area contributed by atoms with Crippen molar-refractivity contribution in [3.05, 3.63) is 76.8 Å². The predicted octanol–water partition coefficient (Wildman–Crippen LogP) is 4.81. The average molecular weight is 632 g/mol. The predicted molar refractivity (Wildman–Crippen MR) is 167 cm³/mol. The van der Waals surface area contributed by atoms with Crippen molar-refractivity contribution < 1.29 is 32.2 Å². The zero-order valence-corrected chi connectivity index (χ0v) is 27.0. The molecule has 0 spiro atoms. The Morgan fingerprint density at radius 1 is 0.884 bits per heavy atom. The molecule has 0 unspecified atom stereocenters. The molecule has 0 aliphatic heterocycles. The van der Waals surface area contributed by atoms with Crippen LogP contribution in [-0.2, 0) is 26.2 Å².